The van der Waals surface area contributed by atoms with Gasteiger partial charge in [-0.15, -0.1) is 0 Å². The molecule has 1 unspecified atom stereocenters. The van der Waals surface area contributed by atoms with Gasteiger partial charge in [0, 0.05) is 24.5 Å². The minimum atomic E-state index is -0.657. The summed E-state index contributed by atoms with van der Waals surface area (Å²) in [4.78, 5) is 13.9. The Hall–Kier alpha value is -1.75. The zero-order chi connectivity index (χ0) is 13.9. The van der Waals surface area contributed by atoms with E-state index in [1.54, 1.807) is 29.2 Å². The molecule has 1 atom stereocenters. The van der Waals surface area contributed by atoms with Gasteiger partial charge in [0.25, 0.3) is 0 Å². The van der Waals surface area contributed by atoms with Crippen LogP contribution in [0.3, 0.4) is 0 Å². The number of aliphatic hydroxyl groups is 1. The molecule has 1 heterocycles. The summed E-state index contributed by atoms with van der Waals surface area (Å²) < 4.78 is 0. The maximum absolute atomic E-state index is 12.1. The Kier molecular flexibility index (Phi) is 3.95. The number of amides is 2. The maximum Gasteiger partial charge on any atom is 0.321 e. The number of nitrogens with one attached hydrogen (secondary N) is 1. The molecule has 5 nitrogen and oxygen atoms in total. The molecule has 2 amide bonds. The Balaban J connectivity index is 1.94. The molecule has 0 aliphatic carbocycles. The van der Waals surface area contributed by atoms with Crippen molar-refractivity contribution in [3.05, 3.63) is 24.3 Å². The van der Waals surface area contributed by atoms with Crippen LogP contribution < -0.4 is 11.1 Å². The second-order valence-electron chi connectivity index (χ2n) is 5.39. The standard InChI is InChI=1S/C14H21N3O2/c1-14(19)7-2-9-17(10-8-14)13(18)16-12-5-3-11(15)4-6-12/h3-6,19H,2,7-10,15H2,1H3,(H,16,18). The minimum absolute atomic E-state index is 0.123. The molecule has 1 aliphatic rings. The summed E-state index contributed by atoms with van der Waals surface area (Å²) in [5.41, 5.74) is 6.35. The van der Waals surface area contributed by atoms with Crippen molar-refractivity contribution in [3.63, 3.8) is 0 Å². The van der Waals surface area contributed by atoms with Crippen molar-refractivity contribution >= 4 is 17.4 Å². The number of hydrogen-bond donors (Lipinski definition) is 3. The van der Waals surface area contributed by atoms with Crippen LogP contribution in [0.25, 0.3) is 0 Å². The summed E-state index contributed by atoms with van der Waals surface area (Å²) in [7, 11) is 0. The highest BCUT2D eigenvalue weighted by atomic mass is 16.3. The molecular formula is C14H21N3O2. The fourth-order valence-electron chi connectivity index (χ4n) is 2.24. The number of anilines is 2. The minimum Gasteiger partial charge on any atom is -0.399 e. The molecule has 1 aromatic carbocycles. The zero-order valence-corrected chi connectivity index (χ0v) is 11.2. The lowest BCUT2D eigenvalue weighted by Gasteiger charge is -2.22. The first-order valence-electron chi connectivity index (χ1n) is 6.60. The molecule has 19 heavy (non-hydrogen) atoms. The molecule has 0 spiro atoms. The van der Waals surface area contributed by atoms with Gasteiger partial charge in [-0.05, 0) is 50.5 Å². The van der Waals surface area contributed by atoms with Gasteiger partial charge in [0.2, 0.25) is 0 Å². The van der Waals surface area contributed by atoms with Gasteiger partial charge in [-0.2, -0.15) is 0 Å². The van der Waals surface area contributed by atoms with E-state index in [-0.39, 0.29) is 6.03 Å². The van der Waals surface area contributed by atoms with E-state index >= 15 is 0 Å². The number of urea groups is 1. The third kappa shape index (κ3) is 3.86. The van der Waals surface area contributed by atoms with Gasteiger partial charge in [0.15, 0.2) is 0 Å². The average molecular weight is 263 g/mol. The lowest BCUT2D eigenvalue weighted by molar-refractivity contribution is 0.0458. The highest BCUT2D eigenvalue weighted by Crippen LogP contribution is 2.22. The van der Waals surface area contributed by atoms with Crippen LogP contribution in [0.5, 0.6) is 0 Å². The quantitative estimate of drug-likeness (QED) is 0.678. The van der Waals surface area contributed by atoms with Gasteiger partial charge in [-0.1, -0.05) is 0 Å². The van der Waals surface area contributed by atoms with Crippen LogP contribution in [0.2, 0.25) is 0 Å². The van der Waals surface area contributed by atoms with Crippen molar-refractivity contribution in [1.82, 2.24) is 4.90 Å². The van der Waals surface area contributed by atoms with Crippen molar-refractivity contribution < 1.29 is 9.90 Å². The summed E-state index contributed by atoms with van der Waals surface area (Å²) in [6.45, 7) is 3.08. The number of nitrogen functional groups attached to an aromatic ring is 1. The van der Waals surface area contributed by atoms with Crippen LogP contribution in [0.15, 0.2) is 24.3 Å². The molecule has 1 saturated heterocycles. The first-order valence-corrected chi connectivity index (χ1v) is 6.60. The number of likely N-dealkylation sites (tertiary alicyclic amines) is 1. The molecule has 1 fully saturated rings. The normalized spacial score (nSPS) is 23.8. The van der Waals surface area contributed by atoms with Gasteiger partial charge >= 0.3 is 6.03 Å². The average Bonchev–Trinajstić information content (AvgIpc) is 2.53. The number of nitrogens with two attached hydrogens (primary N) is 1. The smallest absolute Gasteiger partial charge is 0.321 e. The summed E-state index contributed by atoms with van der Waals surface area (Å²) >= 11 is 0. The molecule has 0 bridgehead atoms. The van der Waals surface area contributed by atoms with Crippen LogP contribution >= 0.6 is 0 Å². The van der Waals surface area contributed by atoms with E-state index in [9.17, 15) is 9.90 Å². The molecular weight excluding hydrogens is 242 g/mol. The van der Waals surface area contributed by atoms with E-state index in [1.165, 1.54) is 0 Å². The van der Waals surface area contributed by atoms with Crippen molar-refractivity contribution in [2.45, 2.75) is 31.8 Å². The number of nitrogens with zero attached hydrogens (tertiary/aromatic N) is 1. The van der Waals surface area contributed by atoms with Crippen LogP contribution in [-0.4, -0.2) is 34.7 Å². The van der Waals surface area contributed by atoms with Gasteiger partial charge in [0.05, 0.1) is 5.60 Å². The predicted octanol–water partition coefficient (Wildman–Crippen LogP) is 2.04. The number of benzene rings is 1. The van der Waals surface area contributed by atoms with Gasteiger partial charge < -0.3 is 21.1 Å². The van der Waals surface area contributed by atoms with E-state index in [0.29, 0.717) is 25.2 Å². The molecule has 5 heteroatoms. The lowest BCUT2D eigenvalue weighted by atomic mass is 9.98. The van der Waals surface area contributed by atoms with Crippen molar-refractivity contribution in [2.24, 2.45) is 0 Å². The Morgan fingerprint density at radius 1 is 1.32 bits per heavy atom. The maximum atomic E-state index is 12.1. The number of hydrogen-bond acceptors (Lipinski definition) is 3. The molecule has 104 valence electrons. The number of carbonyl (C=O) groups excluding carboxylic acids is 1. The van der Waals surface area contributed by atoms with Crippen LogP contribution in [0.1, 0.15) is 26.2 Å². The first kappa shape index (κ1) is 13.7. The third-order valence-electron chi connectivity index (χ3n) is 3.51. The highest BCUT2D eigenvalue weighted by molar-refractivity contribution is 5.89. The number of rotatable bonds is 1. The monoisotopic (exact) mass is 263 g/mol. The molecule has 4 N–H and O–H groups in total. The topological polar surface area (TPSA) is 78.6 Å². The second-order valence-corrected chi connectivity index (χ2v) is 5.39. The summed E-state index contributed by atoms with van der Waals surface area (Å²) in [5, 5.41) is 12.8. The van der Waals surface area contributed by atoms with Crippen LogP contribution in [-0.2, 0) is 0 Å². The third-order valence-corrected chi connectivity index (χ3v) is 3.51. The molecule has 0 saturated carbocycles. The van der Waals surface area contributed by atoms with Crippen molar-refractivity contribution in [3.8, 4) is 0 Å². The fraction of sp³-hybridized carbons (Fsp3) is 0.500. The number of carbonyl (C=O) groups is 1. The SMILES string of the molecule is CC1(O)CCCN(C(=O)Nc2ccc(N)cc2)CC1. The molecule has 1 aliphatic heterocycles. The van der Waals surface area contributed by atoms with Gasteiger partial charge in [-0.3, -0.25) is 0 Å². The zero-order valence-electron chi connectivity index (χ0n) is 11.2. The fourth-order valence-corrected chi connectivity index (χ4v) is 2.24. The lowest BCUT2D eigenvalue weighted by Crippen LogP contribution is -2.36. The van der Waals surface area contributed by atoms with Gasteiger partial charge in [-0.25, -0.2) is 4.79 Å². The van der Waals surface area contributed by atoms with E-state index in [2.05, 4.69) is 5.32 Å². The van der Waals surface area contributed by atoms with Gasteiger partial charge in [0.1, 0.15) is 0 Å². The Morgan fingerprint density at radius 2 is 2.00 bits per heavy atom. The summed E-state index contributed by atoms with van der Waals surface area (Å²) in [5.74, 6) is 0. The Morgan fingerprint density at radius 3 is 2.68 bits per heavy atom. The molecule has 0 aromatic heterocycles. The molecule has 1 aromatic rings. The summed E-state index contributed by atoms with van der Waals surface area (Å²) in [6.07, 6.45) is 2.17. The predicted molar refractivity (Wildman–Crippen MR) is 75.9 cm³/mol. The van der Waals surface area contributed by atoms with E-state index < -0.39 is 5.60 Å². The highest BCUT2D eigenvalue weighted by Gasteiger charge is 2.26. The second kappa shape index (κ2) is 5.48. The van der Waals surface area contributed by atoms with Crippen LogP contribution in [0, 0.1) is 0 Å². The molecule has 0 radical (unpaired) electrons. The van der Waals surface area contributed by atoms with E-state index in [1.807, 2.05) is 6.92 Å². The first-order chi connectivity index (χ1) is 8.96. The van der Waals surface area contributed by atoms with E-state index in [4.69, 9.17) is 5.73 Å². The Labute approximate surface area is 113 Å². The van der Waals surface area contributed by atoms with Crippen molar-refractivity contribution in [2.75, 3.05) is 24.1 Å². The largest absolute Gasteiger partial charge is 0.399 e. The molecule has 2 rings (SSSR count). The summed E-state index contributed by atoms with van der Waals surface area (Å²) in [6, 6.07) is 6.94. The van der Waals surface area contributed by atoms with Crippen molar-refractivity contribution in [1.29, 1.82) is 0 Å². The van der Waals surface area contributed by atoms with Crippen LogP contribution in [0.4, 0.5) is 16.2 Å². The Bertz CT molecular complexity index is 443. The van der Waals surface area contributed by atoms with E-state index in [0.717, 1.165) is 18.5 Å².